The molecule has 1 fully saturated rings. The predicted octanol–water partition coefficient (Wildman–Crippen LogP) is 1.17. The highest BCUT2D eigenvalue weighted by molar-refractivity contribution is 7.91. The second-order valence-electron chi connectivity index (χ2n) is 4.98. The van der Waals surface area contributed by atoms with Gasteiger partial charge in [-0.25, -0.2) is 8.42 Å². The number of nitrogens with one attached hydrogen (secondary N) is 1. The maximum absolute atomic E-state index is 11.8. The van der Waals surface area contributed by atoms with Crippen LogP contribution < -0.4 is 5.32 Å². The normalized spacial score (nSPS) is 21.2. The molecule has 1 aliphatic rings. The third-order valence-electron chi connectivity index (χ3n) is 3.39. The van der Waals surface area contributed by atoms with Gasteiger partial charge in [0, 0.05) is 6.54 Å². The summed E-state index contributed by atoms with van der Waals surface area (Å²) >= 11 is 0. The minimum Gasteiger partial charge on any atom is -0.356 e. The highest BCUT2D eigenvalue weighted by atomic mass is 32.2. The van der Waals surface area contributed by atoms with Crippen molar-refractivity contribution in [3.8, 4) is 0 Å². The summed E-state index contributed by atoms with van der Waals surface area (Å²) in [7, 11) is -2.97. The summed E-state index contributed by atoms with van der Waals surface area (Å²) in [5, 5.41) is 2.83. The zero-order valence-corrected chi connectivity index (χ0v) is 11.7. The van der Waals surface area contributed by atoms with Gasteiger partial charge in [0.1, 0.15) is 0 Å². The van der Waals surface area contributed by atoms with Gasteiger partial charge >= 0.3 is 0 Å². The van der Waals surface area contributed by atoms with Gasteiger partial charge < -0.3 is 5.32 Å². The van der Waals surface area contributed by atoms with Crippen LogP contribution in [-0.2, 0) is 21.1 Å². The summed E-state index contributed by atoms with van der Waals surface area (Å²) in [5.74, 6) is -0.303. The lowest BCUT2D eigenvalue weighted by atomic mass is 10.1. The molecule has 2 rings (SSSR count). The van der Waals surface area contributed by atoms with Crippen LogP contribution in [0.2, 0.25) is 0 Å². The van der Waals surface area contributed by atoms with Gasteiger partial charge in [0.15, 0.2) is 9.84 Å². The molecule has 1 heterocycles. The third-order valence-corrected chi connectivity index (χ3v) is 5.16. The molecule has 19 heavy (non-hydrogen) atoms. The maximum atomic E-state index is 11.8. The lowest BCUT2D eigenvalue weighted by Crippen LogP contribution is -2.32. The van der Waals surface area contributed by atoms with Gasteiger partial charge in [-0.15, -0.1) is 0 Å². The first-order chi connectivity index (χ1) is 9.07. The van der Waals surface area contributed by atoms with E-state index in [1.165, 1.54) is 5.56 Å². The summed E-state index contributed by atoms with van der Waals surface area (Å²) in [6.45, 7) is 0.601. The maximum Gasteiger partial charge on any atom is 0.224 e. The van der Waals surface area contributed by atoms with Gasteiger partial charge in [-0.3, -0.25) is 4.79 Å². The molecule has 0 aromatic heterocycles. The Kier molecular flexibility index (Phi) is 4.58. The van der Waals surface area contributed by atoms with E-state index in [9.17, 15) is 13.2 Å². The van der Waals surface area contributed by atoms with Crippen LogP contribution in [-0.4, -0.2) is 32.4 Å². The Morgan fingerprint density at radius 3 is 2.63 bits per heavy atom. The van der Waals surface area contributed by atoms with E-state index in [-0.39, 0.29) is 23.3 Å². The molecule has 0 radical (unpaired) electrons. The van der Waals surface area contributed by atoms with E-state index < -0.39 is 9.84 Å². The second kappa shape index (κ2) is 6.19. The van der Waals surface area contributed by atoms with E-state index in [2.05, 4.69) is 17.4 Å². The number of aryl methyl sites for hydroxylation is 1. The molecule has 1 amide bonds. The average molecular weight is 281 g/mol. The summed E-state index contributed by atoms with van der Waals surface area (Å²) in [5.41, 5.74) is 1.25. The molecule has 5 heteroatoms. The summed E-state index contributed by atoms with van der Waals surface area (Å²) in [6, 6.07) is 10.1. The largest absolute Gasteiger partial charge is 0.356 e. The molecule has 104 valence electrons. The molecule has 1 unspecified atom stereocenters. The Morgan fingerprint density at radius 2 is 2.00 bits per heavy atom. The van der Waals surface area contributed by atoms with Crippen LogP contribution in [0.15, 0.2) is 30.3 Å². The number of carbonyl (C=O) groups is 1. The van der Waals surface area contributed by atoms with Crippen molar-refractivity contribution in [2.75, 3.05) is 18.1 Å². The lowest BCUT2D eigenvalue weighted by Gasteiger charge is -2.09. The minimum absolute atomic E-state index is 0.0114. The summed E-state index contributed by atoms with van der Waals surface area (Å²) < 4.78 is 22.6. The molecule has 0 aliphatic carbocycles. The van der Waals surface area contributed by atoms with Crippen molar-refractivity contribution in [3.05, 3.63) is 35.9 Å². The van der Waals surface area contributed by atoms with Crippen LogP contribution in [0.4, 0.5) is 0 Å². The van der Waals surface area contributed by atoms with Crippen LogP contribution >= 0.6 is 0 Å². The summed E-state index contributed by atoms with van der Waals surface area (Å²) in [6.07, 6.45) is 2.26. The van der Waals surface area contributed by atoms with Gasteiger partial charge in [0.2, 0.25) is 5.91 Å². The van der Waals surface area contributed by atoms with Crippen molar-refractivity contribution in [2.45, 2.75) is 19.3 Å². The van der Waals surface area contributed by atoms with E-state index in [1.807, 2.05) is 18.2 Å². The highest BCUT2D eigenvalue weighted by Crippen LogP contribution is 2.18. The van der Waals surface area contributed by atoms with Crippen LogP contribution in [0, 0.1) is 5.92 Å². The molecule has 1 N–H and O–H groups in total. The quantitative estimate of drug-likeness (QED) is 0.824. The van der Waals surface area contributed by atoms with Crippen molar-refractivity contribution in [1.82, 2.24) is 5.32 Å². The van der Waals surface area contributed by atoms with E-state index >= 15 is 0 Å². The van der Waals surface area contributed by atoms with Crippen molar-refractivity contribution in [1.29, 1.82) is 0 Å². The van der Waals surface area contributed by atoms with Crippen molar-refractivity contribution >= 4 is 15.7 Å². The second-order valence-corrected chi connectivity index (χ2v) is 7.21. The Morgan fingerprint density at radius 1 is 1.26 bits per heavy atom. The van der Waals surface area contributed by atoms with Gasteiger partial charge in [0.05, 0.1) is 17.4 Å². The number of amides is 1. The molecular weight excluding hydrogens is 262 g/mol. The van der Waals surface area contributed by atoms with Crippen molar-refractivity contribution < 1.29 is 13.2 Å². The molecule has 1 aromatic carbocycles. The fourth-order valence-corrected chi connectivity index (χ4v) is 4.04. The van der Waals surface area contributed by atoms with Crippen LogP contribution in [0.1, 0.15) is 18.4 Å². The van der Waals surface area contributed by atoms with E-state index in [4.69, 9.17) is 0 Å². The van der Waals surface area contributed by atoms with Gasteiger partial charge in [-0.2, -0.15) is 0 Å². The smallest absolute Gasteiger partial charge is 0.224 e. The number of rotatable bonds is 5. The number of carbonyl (C=O) groups excluding carboxylic acids is 1. The Bertz CT molecular complexity index is 525. The predicted molar refractivity (Wildman–Crippen MR) is 74.5 cm³/mol. The Hall–Kier alpha value is -1.36. The standard InChI is InChI=1S/C14H19NO3S/c16-14(13-8-10-19(17,18)11-13)15-9-4-7-12-5-2-1-3-6-12/h1-3,5-6,13H,4,7-11H2,(H,15,16). The van der Waals surface area contributed by atoms with E-state index in [0.29, 0.717) is 13.0 Å². The van der Waals surface area contributed by atoms with Crippen LogP contribution in [0.25, 0.3) is 0 Å². The number of hydrogen-bond donors (Lipinski definition) is 1. The molecule has 0 spiro atoms. The molecule has 1 saturated heterocycles. The van der Waals surface area contributed by atoms with Crippen LogP contribution in [0.3, 0.4) is 0 Å². The Labute approximate surface area is 114 Å². The van der Waals surface area contributed by atoms with Gasteiger partial charge in [-0.05, 0) is 24.8 Å². The first kappa shape index (κ1) is 14.1. The lowest BCUT2D eigenvalue weighted by molar-refractivity contribution is -0.124. The molecule has 1 atom stereocenters. The molecule has 4 nitrogen and oxygen atoms in total. The van der Waals surface area contributed by atoms with E-state index in [1.54, 1.807) is 0 Å². The van der Waals surface area contributed by atoms with E-state index in [0.717, 1.165) is 12.8 Å². The van der Waals surface area contributed by atoms with Gasteiger partial charge in [-0.1, -0.05) is 30.3 Å². The minimum atomic E-state index is -2.97. The van der Waals surface area contributed by atoms with Crippen LogP contribution in [0.5, 0.6) is 0 Å². The first-order valence-electron chi connectivity index (χ1n) is 6.59. The molecule has 1 aromatic rings. The molecule has 1 aliphatic heterocycles. The first-order valence-corrected chi connectivity index (χ1v) is 8.41. The van der Waals surface area contributed by atoms with Crippen molar-refractivity contribution in [2.24, 2.45) is 5.92 Å². The SMILES string of the molecule is O=C(NCCCc1ccccc1)C1CCS(=O)(=O)C1. The zero-order chi connectivity index (χ0) is 13.7. The summed E-state index contributed by atoms with van der Waals surface area (Å²) in [4.78, 5) is 11.8. The molecular formula is C14H19NO3S. The number of benzene rings is 1. The number of hydrogen-bond acceptors (Lipinski definition) is 3. The fourth-order valence-electron chi connectivity index (χ4n) is 2.29. The number of sulfone groups is 1. The topological polar surface area (TPSA) is 63.2 Å². The fraction of sp³-hybridized carbons (Fsp3) is 0.500. The highest BCUT2D eigenvalue weighted by Gasteiger charge is 2.32. The monoisotopic (exact) mass is 281 g/mol. The molecule has 0 bridgehead atoms. The Balaban J connectivity index is 1.68. The molecule has 0 saturated carbocycles. The zero-order valence-electron chi connectivity index (χ0n) is 10.8. The third kappa shape index (κ3) is 4.35. The van der Waals surface area contributed by atoms with Gasteiger partial charge in [0.25, 0.3) is 0 Å². The average Bonchev–Trinajstić information content (AvgIpc) is 2.76. The van der Waals surface area contributed by atoms with Crippen molar-refractivity contribution in [3.63, 3.8) is 0 Å².